The summed E-state index contributed by atoms with van der Waals surface area (Å²) in [7, 11) is 1.16. The summed E-state index contributed by atoms with van der Waals surface area (Å²) in [5.41, 5.74) is 0.0421. The number of aromatic carboxylic acids is 1. The molecule has 6 nitrogen and oxygen atoms in total. The van der Waals surface area contributed by atoms with Crippen molar-refractivity contribution in [3.05, 3.63) is 28.8 Å². The number of carbonyl (C=O) groups is 3. The number of carbonyl (C=O) groups excluding carboxylic acids is 2. The van der Waals surface area contributed by atoms with Gasteiger partial charge in [-0.15, -0.1) is 0 Å². The van der Waals surface area contributed by atoms with Crippen LogP contribution in [0.4, 0.5) is 5.69 Å². The van der Waals surface area contributed by atoms with Crippen molar-refractivity contribution in [3.8, 4) is 0 Å². The number of benzene rings is 1. The normalized spacial score (nSPS) is 12.2. The molecule has 0 bridgehead atoms. The summed E-state index contributed by atoms with van der Waals surface area (Å²) in [6, 6.07) is 4.26. The fraction of sp³-hybridized carbons (Fsp3) is 0.231. The van der Waals surface area contributed by atoms with Crippen LogP contribution in [-0.4, -0.2) is 36.2 Å². The SMILES string of the molecule is COC(=O)C(C=Nc1cccc(C(=O)O)c1Cl)C(C)=O. The molecule has 7 heteroatoms. The zero-order valence-corrected chi connectivity index (χ0v) is 11.5. The highest BCUT2D eigenvalue weighted by Gasteiger charge is 2.22. The molecule has 0 aromatic heterocycles. The van der Waals surface area contributed by atoms with Gasteiger partial charge in [-0.25, -0.2) is 4.79 Å². The molecule has 20 heavy (non-hydrogen) atoms. The molecule has 1 rings (SSSR count). The van der Waals surface area contributed by atoms with Gasteiger partial charge in [0.2, 0.25) is 0 Å². The minimum atomic E-state index is -1.19. The number of esters is 1. The van der Waals surface area contributed by atoms with Crippen molar-refractivity contribution in [2.24, 2.45) is 10.9 Å². The van der Waals surface area contributed by atoms with Crippen molar-refractivity contribution in [2.75, 3.05) is 7.11 Å². The van der Waals surface area contributed by atoms with Crippen molar-refractivity contribution in [1.29, 1.82) is 0 Å². The summed E-state index contributed by atoms with van der Waals surface area (Å²) in [6.07, 6.45) is 1.08. The lowest BCUT2D eigenvalue weighted by molar-refractivity contribution is -0.145. The third-order valence-corrected chi connectivity index (χ3v) is 2.86. The summed E-state index contributed by atoms with van der Waals surface area (Å²) >= 11 is 5.88. The molecule has 0 aliphatic heterocycles. The van der Waals surface area contributed by atoms with E-state index < -0.39 is 23.6 Å². The highest BCUT2D eigenvalue weighted by atomic mass is 35.5. The molecule has 106 valence electrons. The fourth-order valence-electron chi connectivity index (χ4n) is 1.40. The van der Waals surface area contributed by atoms with E-state index in [1.165, 1.54) is 25.1 Å². The average molecular weight is 298 g/mol. The standard InChI is InChI=1S/C13H12ClNO5/c1-7(16)9(13(19)20-2)6-15-10-5-3-4-8(11(10)14)12(17)18/h3-6,9H,1-2H3,(H,17,18). The van der Waals surface area contributed by atoms with Gasteiger partial charge in [-0.3, -0.25) is 14.6 Å². The minimum absolute atomic E-state index is 0.0663. The first-order valence-corrected chi connectivity index (χ1v) is 5.90. The van der Waals surface area contributed by atoms with Gasteiger partial charge in [-0.05, 0) is 19.1 Å². The van der Waals surface area contributed by atoms with Crippen LogP contribution in [0.3, 0.4) is 0 Å². The summed E-state index contributed by atoms with van der Waals surface area (Å²) in [5, 5.41) is 8.85. The first-order chi connectivity index (χ1) is 9.38. The lowest BCUT2D eigenvalue weighted by Crippen LogP contribution is -2.24. The zero-order valence-electron chi connectivity index (χ0n) is 10.8. The summed E-state index contributed by atoms with van der Waals surface area (Å²) in [5.74, 6) is -3.52. The summed E-state index contributed by atoms with van der Waals surface area (Å²) in [4.78, 5) is 37.5. The fourth-order valence-corrected chi connectivity index (χ4v) is 1.65. The van der Waals surface area contributed by atoms with Gasteiger partial charge in [0.05, 0.1) is 23.4 Å². The maximum Gasteiger partial charge on any atom is 0.337 e. The Morgan fingerprint density at radius 1 is 1.40 bits per heavy atom. The molecular formula is C13H12ClNO5. The van der Waals surface area contributed by atoms with E-state index in [9.17, 15) is 14.4 Å². The Bertz CT molecular complexity index is 582. The lowest BCUT2D eigenvalue weighted by atomic mass is 10.1. The topological polar surface area (TPSA) is 93.0 Å². The van der Waals surface area contributed by atoms with Crippen LogP contribution in [0.1, 0.15) is 17.3 Å². The summed E-state index contributed by atoms with van der Waals surface area (Å²) < 4.78 is 4.48. The van der Waals surface area contributed by atoms with Gasteiger partial charge in [0.15, 0.2) is 5.92 Å². The number of ketones is 1. The van der Waals surface area contributed by atoms with Crippen molar-refractivity contribution in [1.82, 2.24) is 0 Å². The van der Waals surface area contributed by atoms with E-state index in [0.717, 1.165) is 13.3 Å². The Kier molecular flexibility index (Phi) is 5.40. The van der Waals surface area contributed by atoms with Crippen molar-refractivity contribution in [3.63, 3.8) is 0 Å². The molecule has 1 atom stereocenters. The van der Waals surface area contributed by atoms with Gasteiger partial charge in [-0.2, -0.15) is 0 Å². The molecule has 0 heterocycles. The van der Waals surface area contributed by atoms with E-state index in [1.54, 1.807) is 0 Å². The number of nitrogens with zero attached hydrogens (tertiary/aromatic N) is 1. The van der Waals surface area contributed by atoms with Crippen LogP contribution in [0.2, 0.25) is 5.02 Å². The molecule has 0 radical (unpaired) electrons. The number of rotatable bonds is 5. The highest BCUT2D eigenvalue weighted by Crippen LogP contribution is 2.28. The zero-order chi connectivity index (χ0) is 15.3. The van der Waals surface area contributed by atoms with Crippen molar-refractivity contribution in [2.45, 2.75) is 6.92 Å². The number of aliphatic imine (C=N–C) groups is 1. The average Bonchev–Trinajstić information content (AvgIpc) is 2.39. The van der Waals surface area contributed by atoms with Crippen LogP contribution in [0, 0.1) is 5.92 Å². The Hall–Kier alpha value is -2.21. The van der Waals surface area contributed by atoms with Crippen LogP contribution < -0.4 is 0 Å². The molecule has 0 fully saturated rings. The van der Waals surface area contributed by atoms with Gasteiger partial charge in [0.25, 0.3) is 0 Å². The minimum Gasteiger partial charge on any atom is -0.478 e. The van der Waals surface area contributed by atoms with E-state index in [-0.39, 0.29) is 16.3 Å². The molecule has 1 N–H and O–H groups in total. The first-order valence-electron chi connectivity index (χ1n) is 5.52. The molecule has 1 aromatic rings. The predicted octanol–water partition coefficient (Wildman–Crippen LogP) is 2.12. The maximum absolute atomic E-state index is 11.4. The molecule has 0 spiro atoms. The third kappa shape index (κ3) is 3.64. The second kappa shape index (κ2) is 6.81. The number of halogens is 1. The van der Waals surface area contributed by atoms with Crippen LogP contribution in [0.25, 0.3) is 0 Å². The van der Waals surface area contributed by atoms with E-state index in [1.807, 2.05) is 0 Å². The second-order valence-corrected chi connectivity index (χ2v) is 4.21. The maximum atomic E-state index is 11.4. The van der Waals surface area contributed by atoms with Gasteiger partial charge >= 0.3 is 11.9 Å². The van der Waals surface area contributed by atoms with Gasteiger partial charge in [-0.1, -0.05) is 17.7 Å². The number of carboxylic acid groups (broad SMARTS) is 1. The monoisotopic (exact) mass is 297 g/mol. The third-order valence-electron chi connectivity index (χ3n) is 2.46. The Morgan fingerprint density at radius 3 is 2.55 bits per heavy atom. The number of Topliss-reactive ketones (excluding diaryl/α,β-unsaturated/α-hetero) is 1. The summed E-state index contributed by atoms with van der Waals surface area (Å²) in [6.45, 7) is 1.23. The molecular weight excluding hydrogens is 286 g/mol. The number of carboxylic acids is 1. The molecule has 0 amide bonds. The van der Waals surface area contributed by atoms with Crippen LogP contribution in [0.5, 0.6) is 0 Å². The van der Waals surface area contributed by atoms with Gasteiger partial charge in [0, 0.05) is 6.21 Å². The quantitative estimate of drug-likeness (QED) is 0.510. The number of methoxy groups -OCH3 is 1. The highest BCUT2D eigenvalue weighted by molar-refractivity contribution is 6.36. The van der Waals surface area contributed by atoms with Crippen LogP contribution >= 0.6 is 11.6 Å². The van der Waals surface area contributed by atoms with Gasteiger partial charge in [0.1, 0.15) is 5.78 Å². The molecule has 0 saturated heterocycles. The molecule has 1 aromatic carbocycles. The van der Waals surface area contributed by atoms with Crippen molar-refractivity contribution < 1.29 is 24.2 Å². The van der Waals surface area contributed by atoms with E-state index in [0.29, 0.717) is 0 Å². The van der Waals surface area contributed by atoms with E-state index >= 15 is 0 Å². The molecule has 0 aliphatic rings. The molecule has 1 unspecified atom stereocenters. The van der Waals surface area contributed by atoms with E-state index in [4.69, 9.17) is 16.7 Å². The number of hydrogen-bond donors (Lipinski definition) is 1. The van der Waals surface area contributed by atoms with Crippen LogP contribution in [-0.2, 0) is 14.3 Å². The predicted molar refractivity (Wildman–Crippen MR) is 72.8 cm³/mol. The van der Waals surface area contributed by atoms with Crippen LogP contribution in [0.15, 0.2) is 23.2 Å². The molecule has 0 aliphatic carbocycles. The second-order valence-electron chi connectivity index (χ2n) is 3.83. The lowest BCUT2D eigenvalue weighted by Gasteiger charge is -2.06. The number of hydrogen-bond acceptors (Lipinski definition) is 5. The van der Waals surface area contributed by atoms with E-state index in [2.05, 4.69) is 9.73 Å². The van der Waals surface area contributed by atoms with Gasteiger partial charge < -0.3 is 9.84 Å². The largest absolute Gasteiger partial charge is 0.478 e. The smallest absolute Gasteiger partial charge is 0.337 e. The Labute approximate surface area is 120 Å². The molecule has 0 saturated carbocycles. The Balaban J connectivity index is 3.11. The van der Waals surface area contributed by atoms with Crippen molar-refractivity contribution >= 4 is 41.2 Å². The number of ether oxygens (including phenoxy) is 1. The first kappa shape index (κ1) is 15.8. The Morgan fingerprint density at radius 2 is 2.05 bits per heavy atom.